The van der Waals surface area contributed by atoms with E-state index in [1.54, 1.807) is 12.1 Å². The number of fused-ring (bicyclic) bond motifs is 2. The molecule has 43 heavy (non-hydrogen) atoms. The average molecular weight is 589 g/mol. The van der Waals surface area contributed by atoms with Crippen LogP contribution in [0.25, 0.3) is 16.0 Å². The zero-order chi connectivity index (χ0) is 29.7. The summed E-state index contributed by atoms with van der Waals surface area (Å²) < 4.78 is 12.7. The molecule has 2 aliphatic heterocycles. The van der Waals surface area contributed by atoms with Crippen LogP contribution >= 0.6 is 11.3 Å². The van der Waals surface area contributed by atoms with Gasteiger partial charge in [-0.25, -0.2) is 4.98 Å². The highest BCUT2D eigenvalue weighted by molar-refractivity contribution is 7.22. The molecule has 1 fully saturated rings. The molecule has 0 saturated carbocycles. The number of ketones is 1. The molecule has 3 heterocycles. The average Bonchev–Trinajstić information content (AvgIpc) is 3.68. The molecule has 0 radical (unpaired) electrons. The van der Waals surface area contributed by atoms with Crippen molar-refractivity contribution in [2.75, 3.05) is 4.90 Å². The lowest BCUT2D eigenvalue weighted by atomic mass is 9.94. The van der Waals surface area contributed by atoms with Crippen molar-refractivity contribution >= 4 is 44.1 Å². The lowest BCUT2D eigenvalue weighted by Gasteiger charge is -2.23. The Balaban J connectivity index is 1.31. The van der Waals surface area contributed by atoms with Gasteiger partial charge in [-0.1, -0.05) is 59.9 Å². The number of anilines is 1. The van der Waals surface area contributed by atoms with Crippen molar-refractivity contribution in [2.45, 2.75) is 39.0 Å². The second-order valence-corrected chi connectivity index (χ2v) is 11.9. The number of hydrogen-bond acceptors (Lipinski definition) is 7. The number of nitrogens with zero attached hydrogens (tertiary/aromatic N) is 2. The molecular formula is C35H28N2O5S. The van der Waals surface area contributed by atoms with E-state index in [2.05, 4.69) is 0 Å². The molecule has 0 spiro atoms. The summed E-state index contributed by atoms with van der Waals surface area (Å²) in [7, 11) is 0. The summed E-state index contributed by atoms with van der Waals surface area (Å²) >= 11 is 1.34. The number of carbonyl (C=O) groups is 2. The monoisotopic (exact) mass is 588 g/mol. The summed E-state index contributed by atoms with van der Waals surface area (Å²) in [5, 5.41) is 12.0. The Morgan fingerprint density at radius 1 is 1.02 bits per heavy atom. The van der Waals surface area contributed by atoms with Crippen LogP contribution in [-0.2, 0) is 22.6 Å². The van der Waals surface area contributed by atoms with E-state index < -0.39 is 17.7 Å². The van der Waals surface area contributed by atoms with Crippen molar-refractivity contribution in [3.63, 3.8) is 0 Å². The van der Waals surface area contributed by atoms with E-state index in [-0.39, 0.29) is 17.4 Å². The van der Waals surface area contributed by atoms with E-state index in [4.69, 9.17) is 14.5 Å². The van der Waals surface area contributed by atoms with Crippen LogP contribution in [0.1, 0.15) is 40.8 Å². The number of aryl methyl sites for hydroxylation is 1. The highest BCUT2D eigenvalue weighted by Crippen LogP contribution is 2.45. The summed E-state index contributed by atoms with van der Waals surface area (Å²) in [5.41, 5.74) is 4.93. The summed E-state index contributed by atoms with van der Waals surface area (Å²) in [5.74, 6) is -0.309. The highest BCUT2D eigenvalue weighted by atomic mass is 32.1. The molecule has 1 amide bonds. The Hall–Kier alpha value is -4.95. The standard InChI is InChI=1S/C35H28N2O5S/c1-20-8-14-27-29(16-20)43-35(36-27)37-31(23-9-12-26(13-10-23)41-19-22-6-4-3-5-7-22)30(33(39)34(37)40)32(38)24-11-15-28-25(18-24)17-21(2)42-28/h3-16,18,21,31,38H,17,19H2,1-2H3/b32-30+/t21-,31+/m0/s1. The summed E-state index contributed by atoms with van der Waals surface area (Å²) in [6, 6.07) is 27.5. The number of rotatable bonds is 6. The van der Waals surface area contributed by atoms with Gasteiger partial charge in [-0.2, -0.15) is 0 Å². The quantitative estimate of drug-likeness (QED) is 0.129. The number of benzene rings is 4. The molecule has 8 heteroatoms. The smallest absolute Gasteiger partial charge is 0.301 e. The third-order valence-electron chi connectivity index (χ3n) is 7.80. The van der Waals surface area contributed by atoms with Crippen LogP contribution in [0.5, 0.6) is 11.5 Å². The number of ether oxygens (including phenoxy) is 2. The lowest BCUT2D eigenvalue weighted by Crippen LogP contribution is -2.29. The molecule has 4 aromatic carbocycles. The second-order valence-electron chi connectivity index (χ2n) is 10.9. The van der Waals surface area contributed by atoms with Gasteiger partial charge in [0.15, 0.2) is 5.13 Å². The second kappa shape index (κ2) is 10.7. The van der Waals surface area contributed by atoms with Crippen molar-refractivity contribution < 1.29 is 24.2 Å². The van der Waals surface area contributed by atoms with Crippen LogP contribution in [0.15, 0.2) is 96.6 Å². The molecule has 1 N–H and O–H groups in total. The number of hydrogen-bond donors (Lipinski definition) is 1. The molecule has 214 valence electrons. The highest BCUT2D eigenvalue weighted by Gasteiger charge is 2.48. The van der Waals surface area contributed by atoms with Crippen LogP contribution in [0, 0.1) is 6.92 Å². The number of thiazole rings is 1. The topological polar surface area (TPSA) is 89.0 Å². The van der Waals surface area contributed by atoms with E-state index in [0.29, 0.717) is 35.0 Å². The number of amides is 1. The minimum Gasteiger partial charge on any atom is -0.507 e. The molecule has 7 rings (SSSR count). The zero-order valence-corrected chi connectivity index (χ0v) is 24.4. The van der Waals surface area contributed by atoms with Gasteiger partial charge in [0, 0.05) is 12.0 Å². The molecule has 7 nitrogen and oxygen atoms in total. The van der Waals surface area contributed by atoms with Crippen LogP contribution in [0.4, 0.5) is 5.13 Å². The van der Waals surface area contributed by atoms with Gasteiger partial charge in [-0.15, -0.1) is 0 Å². The van der Waals surface area contributed by atoms with Crippen molar-refractivity contribution in [3.05, 3.63) is 124 Å². The maximum Gasteiger partial charge on any atom is 0.301 e. The molecule has 1 saturated heterocycles. The molecule has 0 aliphatic carbocycles. The number of aliphatic hydroxyl groups is 1. The first kappa shape index (κ1) is 26.9. The Morgan fingerprint density at radius 2 is 1.81 bits per heavy atom. The maximum absolute atomic E-state index is 13.7. The van der Waals surface area contributed by atoms with Crippen molar-refractivity contribution in [1.29, 1.82) is 0 Å². The van der Waals surface area contributed by atoms with Crippen LogP contribution in [0.3, 0.4) is 0 Å². The molecule has 1 aromatic heterocycles. The largest absolute Gasteiger partial charge is 0.507 e. The van der Waals surface area contributed by atoms with E-state index >= 15 is 0 Å². The molecule has 0 unspecified atom stereocenters. The Bertz CT molecular complexity index is 1910. The van der Waals surface area contributed by atoms with Gasteiger partial charge in [0.2, 0.25) is 0 Å². The molecule has 5 aromatic rings. The van der Waals surface area contributed by atoms with E-state index in [1.807, 2.05) is 92.7 Å². The Labute approximate surface area is 252 Å². The number of Topliss-reactive ketones (excluding diaryl/α,β-unsaturated/α-hetero) is 1. The first-order chi connectivity index (χ1) is 20.9. The van der Waals surface area contributed by atoms with Crippen molar-refractivity contribution in [3.8, 4) is 11.5 Å². The number of carbonyl (C=O) groups excluding carboxylic acids is 2. The Kier molecular flexibility index (Phi) is 6.70. The van der Waals surface area contributed by atoms with Gasteiger partial charge in [-0.05, 0) is 78.6 Å². The summed E-state index contributed by atoms with van der Waals surface area (Å²) in [6.07, 6.45) is 0.729. The first-order valence-electron chi connectivity index (χ1n) is 14.1. The van der Waals surface area contributed by atoms with E-state index in [0.717, 1.165) is 32.7 Å². The van der Waals surface area contributed by atoms with E-state index in [1.165, 1.54) is 16.2 Å². The van der Waals surface area contributed by atoms with Gasteiger partial charge in [0.05, 0.1) is 21.8 Å². The Morgan fingerprint density at radius 3 is 2.60 bits per heavy atom. The number of aromatic nitrogens is 1. The normalized spacial score (nSPS) is 19.1. The SMILES string of the molecule is Cc1ccc2nc(N3C(=O)C(=O)/C(=C(/O)c4ccc5c(c4)C[C@H](C)O5)[C@H]3c3ccc(OCc4ccccc4)cc3)sc2c1. The van der Waals surface area contributed by atoms with Gasteiger partial charge < -0.3 is 14.6 Å². The molecule has 2 aliphatic rings. The van der Waals surface area contributed by atoms with E-state index in [9.17, 15) is 14.7 Å². The fraction of sp³-hybridized carbons (Fsp3) is 0.171. The fourth-order valence-corrected chi connectivity index (χ4v) is 6.77. The van der Waals surface area contributed by atoms with Gasteiger partial charge >= 0.3 is 5.91 Å². The maximum atomic E-state index is 13.7. The molecule has 0 bridgehead atoms. The third-order valence-corrected chi connectivity index (χ3v) is 8.81. The molecule has 2 atom stereocenters. The zero-order valence-electron chi connectivity index (χ0n) is 23.6. The molecular weight excluding hydrogens is 560 g/mol. The number of aliphatic hydroxyl groups excluding tert-OH is 1. The predicted molar refractivity (Wildman–Crippen MR) is 167 cm³/mol. The lowest BCUT2D eigenvalue weighted by molar-refractivity contribution is -0.132. The minimum atomic E-state index is -0.881. The van der Waals surface area contributed by atoms with Crippen molar-refractivity contribution in [1.82, 2.24) is 4.98 Å². The minimum absolute atomic E-state index is 0.0188. The predicted octanol–water partition coefficient (Wildman–Crippen LogP) is 7.13. The van der Waals surface area contributed by atoms with Crippen LogP contribution < -0.4 is 14.4 Å². The van der Waals surface area contributed by atoms with Gasteiger partial charge in [0.1, 0.15) is 30.0 Å². The van der Waals surface area contributed by atoms with Gasteiger partial charge in [0.25, 0.3) is 5.78 Å². The fourth-order valence-electron chi connectivity index (χ4n) is 5.68. The van der Waals surface area contributed by atoms with Crippen LogP contribution in [0.2, 0.25) is 0 Å². The van der Waals surface area contributed by atoms with Gasteiger partial charge in [-0.3, -0.25) is 14.5 Å². The summed E-state index contributed by atoms with van der Waals surface area (Å²) in [4.78, 5) is 33.5. The van der Waals surface area contributed by atoms with Crippen LogP contribution in [-0.4, -0.2) is 27.9 Å². The first-order valence-corrected chi connectivity index (χ1v) is 14.9. The third kappa shape index (κ3) is 4.93. The summed E-state index contributed by atoms with van der Waals surface area (Å²) in [6.45, 7) is 4.39. The van der Waals surface area contributed by atoms with Crippen molar-refractivity contribution in [2.24, 2.45) is 0 Å².